The summed E-state index contributed by atoms with van der Waals surface area (Å²) in [6.07, 6.45) is 0.498. The Kier molecular flexibility index (Phi) is 3.87. The highest BCUT2D eigenvalue weighted by Gasteiger charge is 2.39. The predicted octanol–water partition coefficient (Wildman–Crippen LogP) is 1.41. The second-order valence-electron chi connectivity index (χ2n) is 7.17. The van der Waals surface area contributed by atoms with Crippen molar-refractivity contribution in [3.8, 4) is 11.5 Å². The third-order valence-electron chi connectivity index (χ3n) is 5.42. The molecule has 29 heavy (non-hydrogen) atoms. The van der Waals surface area contributed by atoms with E-state index >= 15 is 0 Å². The van der Waals surface area contributed by atoms with Gasteiger partial charge in [0.05, 0.1) is 0 Å². The Hall–Kier alpha value is -3.68. The molecule has 0 bridgehead atoms. The summed E-state index contributed by atoms with van der Waals surface area (Å²) >= 11 is 0. The molecule has 2 aromatic rings. The zero-order valence-electron chi connectivity index (χ0n) is 15.3. The van der Waals surface area contributed by atoms with Crippen molar-refractivity contribution in [2.45, 2.75) is 25.4 Å². The number of benzene rings is 2. The van der Waals surface area contributed by atoms with Crippen LogP contribution in [0, 0.1) is 0 Å². The van der Waals surface area contributed by atoms with E-state index in [1.807, 2.05) is 0 Å². The highest BCUT2D eigenvalue weighted by atomic mass is 16.7. The van der Waals surface area contributed by atoms with Crippen LogP contribution in [0.4, 0.5) is 0 Å². The van der Waals surface area contributed by atoms with Crippen LogP contribution in [0.1, 0.15) is 44.7 Å². The van der Waals surface area contributed by atoms with Crippen molar-refractivity contribution in [3.63, 3.8) is 0 Å². The van der Waals surface area contributed by atoms with Gasteiger partial charge in [0.1, 0.15) is 6.04 Å². The number of ketones is 1. The average molecular weight is 392 g/mol. The van der Waals surface area contributed by atoms with Crippen molar-refractivity contribution in [1.82, 2.24) is 10.2 Å². The molecule has 1 unspecified atom stereocenters. The van der Waals surface area contributed by atoms with Crippen molar-refractivity contribution >= 4 is 23.5 Å². The van der Waals surface area contributed by atoms with E-state index in [1.165, 1.54) is 4.90 Å². The van der Waals surface area contributed by atoms with E-state index in [1.54, 1.807) is 36.4 Å². The topological polar surface area (TPSA) is 102 Å². The molecular formula is C21H16N2O6. The van der Waals surface area contributed by atoms with Crippen molar-refractivity contribution in [3.05, 3.63) is 58.7 Å². The van der Waals surface area contributed by atoms with Gasteiger partial charge in [-0.1, -0.05) is 6.07 Å². The third kappa shape index (κ3) is 2.84. The Morgan fingerprint density at radius 3 is 2.59 bits per heavy atom. The van der Waals surface area contributed by atoms with Gasteiger partial charge in [-0.25, -0.2) is 0 Å². The Morgan fingerprint density at radius 1 is 1.00 bits per heavy atom. The summed E-state index contributed by atoms with van der Waals surface area (Å²) < 4.78 is 10.6. The summed E-state index contributed by atoms with van der Waals surface area (Å²) in [4.78, 5) is 50.6. The minimum Gasteiger partial charge on any atom is -0.454 e. The van der Waals surface area contributed by atoms with Crippen LogP contribution in [0.25, 0.3) is 0 Å². The maximum absolute atomic E-state index is 12.9. The molecule has 1 saturated heterocycles. The standard InChI is InChI=1S/C21H16N2O6/c24-18-6-4-15(20(26)22-18)23-9-13-7-11(1-3-14(13)21(23)27)19(25)12-2-5-16-17(8-12)29-10-28-16/h1-3,5,7-8,15H,4,6,9-10H2,(H,22,24,26). The molecule has 8 nitrogen and oxygen atoms in total. The minimum absolute atomic E-state index is 0.129. The lowest BCUT2D eigenvalue weighted by Gasteiger charge is -2.29. The molecule has 5 rings (SSSR count). The molecular weight excluding hydrogens is 376 g/mol. The maximum Gasteiger partial charge on any atom is 0.255 e. The molecule has 3 aliphatic rings. The minimum atomic E-state index is -0.680. The zero-order valence-corrected chi connectivity index (χ0v) is 15.3. The Morgan fingerprint density at radius 2 is 1.76 bits per heavy atom. The molecule has 1 atom stereocenters. The highest BCUT2D eigenvalue weighted by Crippen LogP contribution is 2.34. The fourth-order valence-electron chi connectivity index (χ4n) is 3.92. The third-order valence-corrected chi connectivity index (χ3v) is 5.42. The molecule has 1 N–H and O–H groups in total. The first kappa shape index (κ1) is 17.4. The first-order chi connectivity index (χ1) is 14.0. The van der Waals surface area contributed by atoms with Gasteiger partial charge >= 0.3 is 0 Å². The largest absolute Gasteiger partial charge is 0.454 e. The zero-order chi connectivity index (χ0) is 20.1. The number of rotatable bonds is 3. The van der Waals surface area contributed by atoms with Gasteiger partial charge in [-0.2, -0.15) is 0 Å². The number of amides is 3. The number of ether oxygens (including phenoxy) is 2. The van der Waals surface area contributed by atoms with Crippen LogP contribution in [0.2, 0.25) is 0 Å². The lowest BCUT2D eigenvalue weighted by atomic mass is 9.99. The van der Waals surface area contributed by atoms with E-state index in [0.717, 1.165) is 0 Å². The molecule has 8 heteroatoms. The molecule has 0 saturated carbocycles. The molecule has 3 aliphatic heterocycles. The summed E-state index contributed by atoms with van der Waals surface area (Å²) in [5.41, 5.74) is 2.06. The van der Waals surface area contributed by atoms with Crippen molar-refractivity contribution < 1.29 is 28.7 Å². The van der Waals surface area contributed by atoms with E-state index in [2.05, 4.69) is 5.32 Å². The van der Waals surface area contributed by atoms with E-state index in [-0.39, 0.29) is 37.4 Å². The van der Waals surface area contributed by atoms with Gasteiger partial charge in [-0.05, 0) is 42.3 Å². The monoisotopic (exact) mass is 392 g/mol. The molecule has 0 radical (unpaired) electrons. The molecule has 2 aromatic carbocycles. The Labute approximate surface area is 165 Å². The van der Waals surface area contributed by atoms with Crippen LogP contribution >= 0.6 is 0 Å². The molecule has 3 heterocycles. The normalized spacial score (nSPS) is 19.9. The number of fused-ring (bicyclic) bond motifs is 2. The lowest BCUT2D eigenvalue weighted by molar-refractivity contribution is -0.136. The number of hydrogen-bond acceptors (Lipinski definition) is 6. The SMILES string of the molecule is O=C1CCC(N2Cc3cc(C(=O)c4ccc5c(c4)OCO5)ccc3C2=O)C(=O)N1. The molecule has 0 aromatic heterocycles. The fraction of sp³-hybridized carbons (Fsp3) is 0.238. The second-order valence-corrected chi connectivity index (χ2v) is 7.17. The van der Waals surface area contributed by atoms with Gasteiger partial charge in [-0.3, -0.25) is 24.5 Å². The van der Waals surface area contributed by atoms with Crippen LogP contribution in [0.15, 0.2) is 36.4 Å². The van der Waals surface area contributed by atoms with E-state index < -0.39 is 11.9 Å². The molecule has 1 fully saturated rings. The molecule has 146 valence electrons. The number of piperidine rings is 1. The van der Waals surface area contributed by atoms with Gasteiger partial charge in [-0.15, -0.1) is 0 Å². The van der Waals surface area contributed by atoms with Crippen molar-refractivity contribution in [1.29, 1.82) is 0 Å². The predicted molar refractivity (Wildman–Crippen MR) is 98.5 cm³/mol. The second kappa shape index (κ2) is 6.44. The Balaban J connectivity index is 1.40. The number of carbonyl (C=O) groups is 4. The summed E-state index contributed by atoms with van der Waals surface area (Å²) in [7, 11) is 0. The van der Waals surface area contributed by atoms with Crippen LogP contribution in [0.5, 0.6) is 11.5 Å². The first-order valence-electron chi connectivity index (χ1n) is 9.23. The van der Waals surface area contributed by atoms with Gasteiger partial charge in [0, 0.05) is 29.7 Å². The van der Waals surface area contributed by atoms with Crippen LogP contribution in [-0.4, -0.2) is 41.2 Å². The van der Waals surface area contributed by atoms with Crippen molar-refractivity contribution in [2.75, 3.05) is 6.79 Å². The van der Waals surface area contributed by atoms with E-state index in [9.17, 15) is 19.2 Å². The van der Waals surface area contributed by atoms with Crippen molar-refractivity contribution in [2.24, 2.45) is 0 Å². The van der Waals surface area contributed by atoms with Gasteiger partial charge in [0.15, 0.2) is 17.3 Å². The highest BCUT2D eigenvalue weighted by molar-refractivity contribution is 6.11. The molecule has 0 aliphatic carbocycles. The number of imide groups is 1. The maximum atomic E-state index is 12.9. The van der Waals surface area contributed by atoms with Gasteiger partial charge < -0.3 is 14.4 Å². The molecule has 3 amide bonds. The summed E-state index contributed by atoms with van der Waals surface area (Å²) in [5, 5.41) is 2.28. The number of hydrogen-bond donors (Lipinski definition) is 1. The van der Waals surface area contributed by atoms with E-state index in [0.29, 0.717) is 40.2 Å². The fourth-order valence-corrected chi connectivity index (χ4v) is 3.92. The van der Waals surface area contributed by atoms with Crippen LogP contribution in [0.3, 0.4) is 0 Å². The molecule has 0 spiro atoms. The summed E-state index contributed by atoms with van der Waals surface area (Å²) in [6.45, 7) is 0.354. The summed E-state index contributed by atoms with van der Waals surface area (Å²) in [6, 6.07) is 9.23. The van der Waals surface area contributed by atoms with Crippen LogP contribution in [-0.2, 0) is 16.1 Å². The average Bonchev–Trinajstić information content (AvgIpc) is 3.31. The number of nitrogens with one attached hydrogen (secondary N) is 1. The van der Waals surface area contributed by atoms with Gasteiger partial charge in [0.2, 0.25) is 18.6 Å². The van der Waals surface area contributed by atoms with E-state index in [4.69, 9.17) is 9.47 Å². The first-order valence-corrected chi connectivity index (χ1v) is 9.23. The quantitative estimate of drug-likeness (QED) is 0.626. The smallest absolute Gasteiger partial charge is 0.255 e. The number of nitrogens with zero attached hydrogens (tertiary/aromatic N) is 1. The summed E-state index contributed by atoms with van der Waals surface area (Å²) in [5.74, 6) is -0.127. The number of carbonyl (C=O) groups excluding carboxylic acids is 4. The van der Waals surface area contributed by atoms with Crippen LogP contribution < -0.4 is 14.8 Å². The lowest BCUT2D eigenvalue weighted by Crippen LogP contribution is -2.52. The van der Waals surface area contributed by atoms with Gasteiger partial charge in [0.25, 0.3) is 5.91 Å². The Bertz CT molecular complexity index is 1090.